The second-order valence-corrected chi connectivity index (χ2v) is 5.18. The molecule has 4 heteroatoms. The first-order valence-corrected chi connectivity index (χ1v) is 6.25. The van der Waals surface area contributed by atoms with Gasteiger partial charge in [0.15, 0.2) is 0 Å². The molecule has 0 spiro atoms. The molecule has 0 saturated carbocycles. The molecular formula is C12H10ClIN2. The van der Waals surface area contributed by atoms with Crippen molar-refractivity contribution in [1.82, 2.24) is 4.98 Å². The van der Waals surface area contributed by atoms with E-state index in [2.05, 4.69) is 51.8 Å². The lowest BCUT2D eigenvalue weighted by Crippen LogP contribution is -1.98. The molecule has 0 aliphatic carbocycles. The van der Waals surface area contributed by atoms with Crippen molar-refractivity contribution >= 4 is 40.0 Å². The van der Waals surface area contributed by atoms with Crippen LogP contribution >= 0.6 is 34.2 Å². The van der Waals surface area contributed by atoms with E-state index in [9.17, 15) is 0 Å². The van der Waals surface area contributed by atoms with Gasteiger partial charge in [0.1, 0.15) is 5.82 Å². The molecule has 2 rings (SSSR count). The van der Waals surface area contributed by atoms with Gasteiger partial charge in [0.2, 0.25) is 0 Å². The van der Waals surface area contributed by atoms with Gasteiger partial charge in [-0.25, -0.2) is 4.98 Å². The van der Waals surface area contributed by atoms with Gasteiger partial charge in [-0.3, -0.25) is 0 Å². The summed E-state index contributed by atoms with van der Waals surface area (Å²) in [6.45, 7) is 0. The number of hydrogen-bond donors (Lipinski definition) is 1. The van der Waals surface area contributed by atoms with E-state index >= 15 is 0 Å². The maximum Gasteiger partial charge on any atom is 0.126 e. The van der Waals surface area contributed by atoms with Crippen LogP contribution in [0.15, 0.2) is 36.5 Å². The average molecular weight is 345 g/mol. The SMILES string of the molecule is Nc1ncc(Cl)cc1Cc1ccc(I)cc1. The van der Waals surface area contributed by atoms with Crippen molar-refractivity contribution in [2.45, 2.75) is 6.42 Å². The number of pyridine rings is 1. The highest BCUT2D eigenvalue weighted by Gasteiger charge is 2.03. The third-order valence-electron chi connectivity index (χ3n) is 2.28. The number of nitrogens with two attached hydrogens (primary N) is 1. The lowest BCUT2D eigenvalue weighted by Gasteiger charge is -2.05. The van der Waals surface area contributed by atoms with Crippen LogP contribution < -0.4 is 5.73 Å². The molecule has 82 valence electrons. The molecule has 0 aliphatic rings. The molecule has 0 saturated heterocycles. The molecule has 0 aliphatic heterocycles. The molecular weight excluding hydrogens is 335 g/mol. The Labute approximate surface area is 113 Å². The van der Waals surface area contributed by atoms with Crippen LogP contribution in [0.5, 0.6) is 0 Å². The molecule has 1 heterocycles. The lowest BCUT2D eigenvalue weighted by molar-refractivity contribution is 1.15. The zero-order valence-electron chi connectivity index (χ0n) is 8.45. The summed E-state index contributed by atoms with van der Waals surface area (Å²) in [4.78, 5) is 4.04. The fraction of sp³-hybridized carbons (Fsp3) is 0.0833. The van der Waals surface area contributed by atoms with Crippen molar-refractivity contribution in [2.24, 2.45) is 0 Å². The van der Waals surface area contributed by atoms with E-state index in [0.29, 0.717) is 10.8 Å². The molecule has 0 amide bonds. The topological polar surface area (TPSA) is 38.9 Å². The molecule has 1 aromatic heterocycles. The summed E-state index contributed by atoms with van der Waals surface area (Å²) in [5.41, 5.74) is 7.97. The highest BCUT2D eigenvalue weighted by molar-refractivity contribution is 14.1. The number of hydrogen-bond acceptors (Lipinski definition) is 2. The smallest absolute Gasteiger partial charge is 0.126 e. The largest absolute Gasteiger partial charge is 0.383 e. The predicted molar refractivity (Wildman–Crippen MR) is 75.6 cm³/mol. The minimum Gasteiger partial charge on any atom is -0.383 e. The summed E-state index contributed by atoms with van der Waals surface area (Å²) in [6, 6.07) is 10.2. The number of nitrogen functional groups attached to an aromatic ring is 1. The van der Waals surface area contributed by atoms with Crippen LogP contribution in [0.3, 0.4) is 0 Å². The maximum atomic E-state index is 5.89. The van der Waals surface area contributed by atoms with Crippen LogP contribution in [0.1, 0.15) is 11.1 Å². The summed E-state index contributed by atoms with van der Waals surface area (Å²) < 4.78 is 1.22. The van der Waals surface area contributed by atoms with E-state index in [-0.39, 0.29) is 0 Å². The van der Waals surface area contributed by atoms with Crippen LogP contribution in [0.4, 0.5) is 5.82 Å². The second kappa shape index (κ2) is 5.01. The summed E-state index contributed by atoms with van der Waals surface area (Å²) in [5, 5.41) is 0.620. The van der Waals surface area contributed by atoms with Crippen LogP contribution in [0, 0.1) is 3.57 Å². The fourth-order valence-electron chi connectivity index (χ4n) is 1.46. The van der Waals surface area contributed by atoms with Crippen LogP contribution in [-0.2, 0) is 6.42 Å². The van der Waals surface area contributed by atoms with Crippen molar-refractivity contribution in [1.29, 1.82) is 0 Å². The van der Waals surface area contributed by atoms with Crippen molar-refractivity contribution in [3.63, 3.8) is 0 Å². The molecule has 1 aromatic carbocycles. The van der Waals surface area contributed by atoms with E-state index < -0.39 is 0 Å². The second-order valence-electron chi connectivity index (χ2n) is 3.50. The van der Waals surface area contributed by atoms with E-state index in [4.69, 9.17) is 17.3 Å². The minimum atomic E-state index is 0.544. The van der Waals surface area contributed by atoms with Crippen molar-refractivity contribution in [3.8, 4) is 0 Å². The molecule has 0 radical (unpaired) electrons. The molecule has 2 nitrogen and oxygen atoms in total. The van der Waals surface area contributed by atoms with E-state index in [1.54, 1.807) is 6.20 Å². The van der Waals surface area contributed by atoms with Crippen LogP contribution in [0.2, 0.25) is 5.02 Å². The first-order chi connectivity index (χ1) is 7.65. The molecule has 2 aromatic rings. The minimum absolute atomic E-state index is 0.544. The van der Waals surface area contributed by atoms with Gasteiger partial charge in [-0.05, 0) is 46.4 Å². The number of nitrogens with zero attached hydrogens (tertiary/aromatic N) is 1. The van der Waals surface area contributed by atoms with Crippen molar-refractivity contribution in [2.75, 3.05) is 5.73 Å². The van der Waals surface area contributed by atoms with Gasteiger partial charge in [0.05, 0.1) is 5.02 Å². The Morgan fingerprint density at radius 2 is 1.94 bits per heavy atom. The third-order valence-corrected chi connectivity index (χ3v) is 3.20. The van der Waals surface area contributed by atoms with Crippen molar-refractivity contribution in [3.05, 3.63) is 56.2 Å². The van der Waals surface area contributed by atoms with Gasteiger partial charge < -0.3 is 5.73 Å². The Balaban J connectivity index is 2.26. The molecule has 0 bridgehead atoms. The summed E-state index contributed by atoms with van der Waals surface area (Å²) in [5.74, 6) is 0.544. The van der Waals surface area contributed by atoms with E-state index in [1.807, 2.05) is 6.07 Å². The van der Waals surface area contributed by atoms with Crippen molar-refractivity contribution < 1.29 is 0 Å². The first kappa shape index (κ1) is 11.7. The monoisotopic (exact) mass is 344 g/mol. The van der Waals surface area contributed by atoms with Gasteiger partial charge in [-0.2, -0.15) is 0 Å². The van der Waals surface area contributed by atoms with Crippen LogP contribution in [0.25, 0.3) is 0 Å². The number of halogens is 2. The Morgan fingerprint density at radius 1 is 1.25 bits per heavy atom. The normalized spacial score (nSPS) is 10.4. The number of benzene rings is 1. The zero-order chi connectivity index (χ0) is 11.5. The summed E-state index contributed by atoms with van der Waals surface area (Å²) in [6.07, 6.45) is 2.32. The Kier molecular flexibility index (Phi) is 3.66. The molecule has 0 unspecified atom stereocenters. The maximum absolute atomic E-state index is 5.89. The fourth-order valence-corrected chi connectivity index (χ4v) is 2.00. The quantitative estimate of drug-likeness (QED) is 0.847. The predicted octanol–water partition coefficient (Wildman–Crippen LogP) is 3.51. The van der Waals surface area contributed by atoms with Gasteiger partial charge in [-0.1, -0.05) is 23.7 Å². The molecule has 16 heavy (non-hydrogen) atoms. The van der Waals surface area contributed by atoms with Crippen LogP contribution in [-0.4, -0.2) is 4.98 Å². The molecule has 2 N–H and O–H groups in total. The van der Waals surface area contributed by atoms with Gasteiger partial charge >= 0.3 is 0 Å². The number of anilines is 1. The lowest BCUT2D eigenvalue weighted by atomic mass is 10.1. The van der Waals surface area contributed by atoms with E-state index in [1.165, 1.54) is 9.13 Å². The van der Waals surface area contributed by atoms with Gasteiger partial charge in [0, 0.05) is 21.8 Å². The Morgan fingerprint density at radius 3 is 2.62 bits per heavy atom. The Hall–Kier alpha value is -0.810. The van der Waals surface area contributed by atoms with Gasteiger partial charge in [-0.15, -0.1) is 0 Å². The highest BCUT2D eigenvalue weighted by Crippen LogP contribution is 2.19. The highest BCUT2D eigenvalue weighted by atomic mass is 127. The number of aromatic nitrogens is 1. The zero-order valence-corrected chi connectivity index (χ0v) is 11.4. The molecule has 0 fully saturated rings. The van der Waals surface area contributed by atoms with E-state index in [0.717, 1.165) is 12.0 Å². The van der Waals surface area contributed by atoms with Gasteiger partial charge in [0.25, 0.3) is 0 Å². The molecule has 0 atom stereocenters. The standard InChI is InChI=1S/C12H10ClIN2/c13-10-6-9(12(15)16-7-10)5-8-1-3-11(14)4-2-8/h1-4,6-7H,5H2,(H2,15,16). The summed E-state index contributed by atoms with van der Waals surface area (Å²) >= 11 is 8.17. The third kappa shape index (κ3) is 2.86. The average Bonchev–Trinajstić information content (AvgIpc) is 2.27. The summed E-state index contributed by atoms with van der Waals surface area (Å²) in [7, 11) is 0. The number of rotatable bonds is 2. The first-order valence-electron chi connectivity index (χ1n) is 4.79. The Bertz CT molecular complexity index is 497.